The molecule has 0 aliphatic rings. The van der Waals surface area contributed by atoms with Gasteiger partial charge in [-0.15, -0.1) is 0 Å². The van der Waals surface area contributed by atoms with E-state index in [9.17, 15) is 14.0 Å². The average Bonchev–Trinajstić information content (AvgIpc) is 2.93. The summed E-state index contributed by atoms with van der Waals surface area (Å²) in [5.41, 5.74) is 0.584. The summed E-state index contributed by atoms with van der Waals surface area (Å²) in [7, 11) is 0. The summed E-state index contributed by atoms with van der Waals surface area (Å²) in [6.45, 7) is 0. The summed E-state index contributed by atoms with van der Waals surface area (Å²) in [6.07, 6.45) is 3.56. The van der Waals surface area contributed by atoms with Crippen LogP contribution in [0, 0.1) is 5.82 Å². The molecule has 1 heterocycles. The molecule has 1 aromatic carbocycles. The number of aliphatic carboxylic acids is 1. The lowest BCUT2D eigenvalue weighted by Gasteiger charge is -2.05. The summed E-state index contributed by atoms with van der Waals surface area (Å²) in [5, 5.41) is 16.9. The number of H-pyrrole nitrogens is 1. The van der Waals surface area contributed by atoms with Crippen molar-refractivity contribution in [2.24, 2.45) is 0 Å². The molecule has 1 aromatic heterocycles. The second-order valence-corrected chi connectivity index (χ2v) is 3.84. The lowest BCUT2D eigenvalue weighted by atomic mass is 10.2. The molecule has 3 N–H and O–H groups in total. The number of carbonyl (C=O) groups is 2. The van der Waals surface area contributed by atoms with E-state index in [-0.39, 0.29) is 11.4 Å². The van der Waals surface area contributed by atoms with Crippen molar-refractivity contribution in [1.29, 1.82) is 0 Å². The van der Waals surface area contributed by atoms with Gasteiger partial charge in [-0.25, -0.2) is 9.18 Å². The number of aromatic nitrogens is 2. The van der Waals surface area contributed by atoms with Gasteiger partial charge < -0.3 is 10.4 Å². The van der Waals surface area contributed by atoms with E-state index in [2.05, 4.69) is 15.5 Å². The number of nitrogens with zero attached hydrogens (tertiary/aromatic N) is 1. The summed E-state index contributed by atoms with van der Waals surface area (Å²) >= 11 is 0. The Hall–Kier alpha value is -2.96. The average molecular weight is 275 g/mol. The predicted octanol–water partition coefficient (Wildman–Crippen LogP) is 1.90. The molecule has 0 aliphatic heterocycles. The minimum absolute atomic E-state index is 0.00271. The highest BCUT2D eigenvalue weighted by Crippen LogP contribution is 2.17. The number of hydrogen-bond donors (Lipinski definition) is 3. The van der Waals surface area contributed by atoms with Crippen LogP contribution in [-0.2, 0) is 4.79 Å². The molecule has 0 bridgehead atoms. The van der Waals surface area contributed by atoms with Crippen LogP contribution in [0.3, 0.4) is 0 Å². The molecular formula is C13H10FN3O3. The van der Waals surface area contributed by atoms with Crippen LogP contribution >= 0.6 is 0 Å². The van der Waals surface area contributed by atoms with Crippen LogP contribution < -0.4 is 5.32 Å². The smallest absolute Gasteiger partial charge is 0.328 e. The Labute approximate surface area is 112 Å². The molecule has 0 radical (unpaired) electrons. The zero-order valence-electron chi connectivity index (χ0n) is 10.1. The molecule has 20 heavy (non-hydrogen) atoms. The normalized spacial score (nSPS) is 10.7. The molecule has 0 saturated carbocycles. The minimum atomic E-state index is -1.12. The summed E-state index contributed by atoms with van der Waals surface area (Å²) in [4.78, 5) is 22.0. The highest BCUT2D eigenvalue weighted by atomic mass is 19.1. The Bertz CT molecular complexity index is 666. The van der Waals surface area contributed by atoms with Crippen LogP contribution in [0.2, 0.25) is 0 Å². The van der Waals surface area contributed by atoms with Gasteiger partial charge in [0, 0.05) is 12.3 Å². The van der Waals surface area contributed by atoms with Gasteiger partial charge in [0.05, 0.1) is 5.69 Å². The Morgan fingerprint density at radius 1 is 1.35 bits per heavy atom. The topological polar surface area (TPSA) is 95.1 Å². The third-order valence-corrected chi connectivity index (χ3v) is 2.41. The second kappa shape index (κ2) is 5.79. The molecule has 0 unspecified atom stereocenters. The first-order valence-corrected chi connectivity index (χ1v) is 5.57. The standard InChI is InChI=1S/C13H10FN3O3/c14-9-7-8(2-4-12(18)19)1-3-10(9)16-13(20)11-5-6-15-17-11/h1-7H,(H,15,17)(H,16,20)(H,18,19). The van der Waals surface area contributed by atoms with Crippen LogP contribution in [0.25, 0.3) is 6.08 Å². The number of halogens is 1. The molecule has 0 aliphatic carbocycles. The Kier molecular flexibility index (Phi) is 3.90. The molecule has 0 saturated heterocycles. The SMILES string of the molecule is O=C(O)C=Cc1ccc(NC(=O)c2ccn[nH]2)c(F)c1. The number of nitrogens with one attached hydrogen (secondary N) is 2. The summed E-state index contributed by atoms with van der Waals surface area (Å²) < 4.78 is 13.8. The maximum atomic E-state index is 13.8. The van der Waals surface area contributed by atoms with Crippen LogP contribution in [0.4, 0.5) is 10.1 Å². The number of anilines is 1. The highest BCUT2D eigenvalue weighted by Gasteiger charge is 2.10. The van der Waals surface area contributed by atoms with E-state index in [1.165, 1.54) is 30.5 Å². The quantitative estimate of drug-likeness (QED) is 0.742. The largest absolute Gasteiger partial charge is 0.478 e. The highest BCUT2D eigenvalue weighted by molar-refractivity contribution is 6.02. The molecule has 6 nitrogen and oxygen atoms in total. The number of benzene rings is 1. The number of carboxylic acids is 1. The van der Waals surface area contributed by atoms with Gasteiger partial charge in [0.25, 0.3) is 5.91 Å². The molecule has 0 spiro atoms. The fourth-order valence-electron chi connectivity index (χ4n) is 1.48. The van der Waals surface area contributed by atoms with E-state index >= 15 is 0 Å². The Morgan fingerprint density at radius 3 is 2.75 bits per heavy atom. The molecule has 7 heteroatoms. The number of aromatic amines is 1. The third kappa shape index (κ3) is 3.29. The van der Waals surface area contributed by atoms with E-state index in [0.717, 1.165) is 12.1 Å². The van der Waals surface area contributed by atoms with Crippen molar-refractivity contribution in [3.63, 3.8) is 0 Å². The number of carboxylic acid groups (broad SMARTS) is 1. The Balaban J connectivity index is 2.14. The van der Waals surface area contributed by atoms with Gasteiger partial charge in [0.2, 0.25) is 0 Å². The van der Waals surface area contributed by atoms with Gasteiger partial charge in [-0.1, -0.05) is 6.07 Å². The van der Waals surface area contributed by atoms with Crippen LogP contribution in [0.15, 0.2) is 36.5 Å². The van der Waals surface area contributed by atoms with Crippen molar-refractivity contribution in [2.45, 2.75) is 0 Å². The summed E-state index contributed by atoms with van der Waals surface area (Å²) in [5.74, 6) is -2.30. The molecule has 102 valence electrons. The van der Waals surface area contributed by atoms with Crippen LogP contribution in [-0.4, -0.2) is 27.2 Å². The van der Waals surface area contributed by atoms with E-state index in [4.69, 9.17) is 5.11 Å². The van der Waals surface area contributed by atoms with Crippen molar-refractivity contribution >= 4 is 23.6 Å². The molecule has 0 fully saturated rings. The second-order valence-electron chi connectivity index (χ2n) is 3.84. The lowest BCUT2D eigenvalue weighted by molar-refractivity contribution is -0.131. The van der Waals surface area contributed by atoms with E-state index in [1.807, 2.05) is 0 Å². The molecule has 0 atom stereocenters. The van der Waals surface area contributed by atoms with Gasteiger partial charge in [-0.2, -0.15) is 5.10 Å². The van der Waals surface area contributed by atoms with Crippen LogP contribution in [0.5, 0.6) is 0 Å². The first-order chi connectivity index (χ1) is 9.56. The first kappa shape index (κ1) is 13.5. The van der Waals surface area contributed by atoms with Crippen molar-refractivity contribution in [3.8, 4) is 0 Å². The van der Waals surface area contributed by atoms with Crippen molar-refractivity contribution in [2.75, 3.05) is 5.32 Å². The number of amides is 1. The number of carbonyl (C=O) groups excluding carboxylic acids is 1. The van der Waals surface area contributed by atoms with Gasteiger partial charge in [0.15, 0.2) is 0 Å². The third-order valence-electron chi connectivity index (χ3n) is 2.41. The zero-order chi connectivity index (χ0) is 14.5. The first-order valence-electron chi connectivity index (χ1n) is 5.57. The monoisotopic (exact) mass is 275 g/mol. The fraction of sp³-hybridized carbons (Fsp3) is 0. The maximum absolute atomic E-state index is 13.8. The zero-order valence-corrected chi connectivity index (χ0v) is 10.1. The number of hydrogen-bond acceptors (Lipinski definition) is 3. The van der Waals surface area contributed by atoms with Gasteiger partial charge >= 0.3 is 5.97 Å². The van der Waals surface area contributed by atoms with Gasteiger partial charge in [0.1, 0.15) is 11.5 Å². The predicted molar refractivity (Wildman–Crippen MR) is 69.6 cm³/mol. The van der Waals surface area contributed by atoms with Crippen molar-refractivity contribution < 1.29 is 19.1 Å². The molecule has 2 aromatic rings. The van der Waals surface area contributed by atoms with E-state index < -0.39 is 17.7 Å². The van der Waals surface area contributed by atoms with Gasteiger partial charge in [-0.05, 0) is 29.8 Å². The fourth-order valence-corrected chi connectivity index (χ4v) is 1.48. The van der Waals surface area contributed by atoms with E-state index in [0.29, 0.717) is 5.56 Å². The molecule has 1 amide bonds. The Morgan fingerprint density at radius 2 is 2.15 bits per heavy atom. The van der Waals surface area contributed by atoms with Crippen LogP contribution in [0.1, 0.15) is 16.1 Å². The van der Waals surface area contributed by atoms with Crippen molar-refractivity contribution in [1.82, 2.24) is 10.2 Å². The summed E-state index contributed by atoms with van der Waals surface area (Å²) in [6, 6.07) is 5.43. The minimum Gasteiger partial charge on any atom is -0.478 e. The molecular weight excluding hydrogens is 265 g/mol. The van der Waals surface area contributed by atoms with Crippen molar-refractivity contribution in [3.05, 3.63) is 53.6 Å². The van der Waals surface area contributed by atoms with E-state index in [1.54, 1.807) is 0 Å². The lowest BCUT2D eigenvalue weighted by Crippen LogP contribution is -2.13. The number of rotatable bonds is 4. The van der Waals surface area contributed by atoms with Gasteiger partial charge in [-0.3, -0.25) is 9.89 Å². The molecule has 2 rings (SSSR count). The maximum Gasteiger partial charge on any atom is 0.328 e.